The van der Waals surface area contributed by atoms with Gasteiger partial charge in [0.15, 0.2) is 28.3 Å². The van der Waals surface area contributed by atoms with E-state index in [4.69, 9.17) is 0 Å². The molecule has 0 aliphatic carbocycles. The topological polar surface area (TPSA) is 104 Å². The van der Waals surface area contributed by atoms with Gasteiger partial charge in [-0.15, -0.1) is 0 Å². The average Bonchev–Trinajstić information content (AvgIpc) is 2.62. The van der Waals surface area contributed by atoms with Gasteiger partial charge in [0.25, 0.3) is 5.56 Å². The molecule has 3 N–H and O–H groups in total. The minimum atomic E-state index is -0.921. The van der Waals surface area contributed by atoms with Gasteiger partial charge in [-0.2, -0.15) is 0 Å². The van der Waals surface area contributed by atoms with Crippen LogP contribution in [-0.4, -0.2) is 67.2 Å². The molecule has 7 nitrogen and oxygen atoms in total. The number of anilines is 1. The first-order valence-corrected chi connectivity index (χ1v) is 8.66. The van der Waals surface area contributed by atoms with Crippen molar-refractivity contribution in [1.82, 2.24) is 19.9 Å². The Bertz CT molecular complexity index is 1000. The zero-order valence-corrected chi connectivity index (χ0v) is 17.5. The summed E-state index contributed by atoms with van der Waals surface area (Å²) in [6.45, 7) is 1.61. The second-order valence-electron chi connectivity index (χ2n) is 5.53. The molecule has 3 aromatic rings. The van der Waals surface area contributed by atoms with Gasteiger partial charge in [-0.25, -0.2) is 23.7 Å². The second kappa shape index (κ2) is 9.56. The zero-order valence-electron chi connectivity index (χ0n) is 14.7. The Balaban J connectivity index is 0.00000261. The van der Waals surface area contributed by atoms with Crippen molar-refractivity contribution in [2.75, 3.05) is 11.9 Å². The fraction of sp³-hybridized carbons (Fsp3) is 0.250. The number of hydrogen-bond donors (Lipinski definition) is 3. The number of thioether (sulfide) groups is 1. The number of nitrogens with zero attached hydrogens (tertiary/aromatic N) is 3. The summed E-state index contributed by atoms with van der Waals surface area (Å²) >= 11 is 1.08. The van der Waals surface area contributed by atoms with Crippen molar-refractivity contribution in [2.24, 2.45) is 0 Å². The number of hydrogen-bond acceptors (Lipinski definition) is 7. The summed E-state index contributed by atoms with van der Waals surface area (Å²) in [5.41, 5.74) is 0.301. The van der Waals surface area contributed by atoms with Crippen LogP contribution in [0.25, 0.3) is 11.2 Å². The Hall–Kier alpha value is -1.59. The molecule has 0 saturated carbocycles. The van der Waals surface area contributed by atoms with Crippen LogP contribution in [-0.2, 0) is 5.75 Å². The molecule has 2 aromatic heterocycles. The predicted octanol–water partition coefficient (Wildman–Crippen LogP) is 1.70. The average molecular weight is 402 g/mol. The molecule has 0 saturated heterocycles. The van der Waals surface area contributed by atoms with Crippen molar-refractivity contribution < 1.29 is 13.9 Å². The Morgan fingerprint density at radius 2 is 2.11 bits per heavy atom. The van der Waals surface area contributed by atoms with Crippen molar-refractivity contribution in [1.29, 1.82) is 0 Å². The number of nitrogens with one attached hydrogen (secondary N) is 2. The Morgan fingerprint density at radius 1 is 1.33 bits per heavy atom. The molecule has 137 valence electrons. The number of aromatic nitrogens is 4. The summed E-state index contributed by atoms with van der Waals surface area (Å²) in [5, 5.41) is 12.5. The van der Waals surface area contributed by atoms with Crippen molar-refractivity contribution in [3.63, 3.8) is 0 Å². The normalized spacial score (nSPS) is 11.9. The van der Waals surface area contributed by atoms with Gasteiger partial charge in [0.1, 0.15) is 5.52 Å². The quantitative estimate of drug-likeness (QED) is 0.328. The summed E-state index contributed by atoms with van der Waals surface area (Å²) in [6, 6.07) is 3.64. The van der Waals surface area contributed by atoms with E-state index in [2.05, 4.69) is 25.3 Å². The number of halogens is 2. The summed E-state index contributed by atoms with van der Waals surface area (Å²) in [6.07, 6.45) is 1.11. The van der Waals surface area contributed by atoms with Gasteiger partial charge in [-0.05, 0) is 13.0 Å². The van der Waals surface area contributed by atoms with E-state index in [-0.39, 0.29) is 64.3 Å². The van der Waals surface area contributed by atoms with Gasteiger partial charge < -0.3 is 15.4 Å². The number of aromatic amines is 1. The Morgan fingerprint density at radius 3 is 2.85 bits per heavy atom. The van der Waals surface area contributed by atoms with Crippen LogP contribution in [0.3, 0.4) is 0 Å². The molecule has 0 unspecified atom stereocenters. The molecular formula is C16H15F2N5NaO2S. The van der Waals surface area contributed by atoms with E-state index in [1.165, 1.54) is 12.1 Å². The monoisotopic (exact) mass is 402 g/mol. The Labute approximate surface area is 179 Å². The van der Waals surface area contributed by atoms with E-state index in [1.54, 1.807) is 6.92 Å². The maximum atomic E-state index is 13.8. The van der Waals surface area contributed by atoms with Crippen molar-refractivity contribution in [3.05, 3.63) is 51.9 Å². The molecule has 0 amide bonds. The van der Waals surface area contributed by atoms with Crippen LogP contribution < -0.4 is 10.9 Å². The van der Waals surface area contributed by atoms with E-state index < -0.39 is 17.2 Å². The Kier molecular flexibility index (Phi) is 7.68. The van der Waals surface area contributed by atoms with E-state index in [1.807, 2.05) is 0 Å². The molecule has 11 heteroatoms. The first-order chi connectivity index (χ1) is 12.5. The fourth-order valence-electron chi connectivity index (χ4n) is 2.16. The first-order valence-electron chi connectivity index (χ1n) is 7.68. The van der Waals surface area contributed by atoms with Gasteiger partial charge in [-0.3, -0.25) is 4.79 Å². The van der Waals surface area contributed by atoms with E-state index in [0.29, 0.717) is 11.3 Å². The zero-order chi connectivity index (χ0) is 18.7. The molecule has 3 rings (SSSR count). The van der Waals surface area contributed by atoms with Crippen molar-refractivity contribution in [2.45, 2.75) is 23.9 Å². The van der Waals surface area contributed by atoms with Crippen LogP contribution in [0.5, 0.6) is 0 Å². The SMILES string of the molecule is C[C@H](CO)Nc1nc(SCc2cccc(F)c2F)nc2[nH]c(=O)cnc12.[Na]. The molecule has 0 aliphatic heterocycles. The molecule has 0 aliphatic rings. The number of fused-ring (bicyclic) bond motifs is 1. The van der Waals surface area contributed by atoms with E-state index >= 15 is 0 Å². The number of H-pyrrole nitrogens is 1. The standard InChI is InChI=1S/C16H15F2N5O2S.Na/c1-8(6-24)20-14-13-15(21-11(25)5-19-13)23-16(22-14)26-7-9-3-2-4-10(17)12(9)18;/h2-5,8,24H,6-7H2,1H3,(H2,20,21,22,23,25);/t8-;/m1./s1. The molecule has 1 aromatic carbocycles. The predicted molar refractivity (Wildman–Crippen MR) is 99.8 cm³/mol. The molecule has 1 radical (unpaired) electrons. The van der Waals surface area contributed by atoms with Gasteiger partial charge >= 0.3 is 0 Å². The summed E-state index contributed by atoms with van der Waals surface area (Å²) in [5.74, 6) is -1.40. The van der Waals surface area contributed by atoms with E-state index in [9.17, 15) is 18.7 Å². The second-order valence-corrected chi connectivity index (χ2v) is 6.47. The molecule has 1 atom stereocenters. The smallest absolute Gasteiger partial charge is 0.268 e. The van der Waals surface area contributed by atoms with Crippen LogP contribution in [0.15, 0.2) is 34.3 Å². The number of benzene rings is 1. The molecule has 0 spiro atoms. The first kappa shape index (κ1) is 21.7. The largest absolute Gasteiger partial charge is 0.394 e. The van der Waals surface area contributed by atoms with Crippen LogP contribution in [0.1, 0.15) is 12.5 Å². The summed E-state index contributed by atoms with van der Waals surface area (Å²) in [4.78, 5) is 26.6. The van der Waals surface area contributed by atoms with Gasteiger partial charge in [0.05, 0.1) is 12.8 Å². The summed E-state index contributed by atoms with van der Waals surface area (Å²) in [7, 11) is 0. The molecule has 0 bridgehead atoms. The van der Waals surface area contributed by atoms with Crippen LogP contribution in [0.2, 0.25) is 0 Å². The number of aliphatic hydroxyl groups is 1. The third-order valence-electron chi connectivity index (χ3n) is 3.46. The number of aliphatic hydroxyl groups excluding tert-OH is 1. The van der Waals surface area contributed by atoms with Crippen molar-refractivity contribution in [3.8, 4) is 0 Å². The van der Waals surface area contributed by atoms with Crippen LogP contribution in [0, 0.1) is 11.6 Å². The number of rotatable bonds is 6. The van der Waals surface area contributed by atoms with Crippen LogP contribution >= 0.6 is 11.8 Å². The van der Waals surface area contributed by atoms with Crippen molar-refractivity contribution >= 4 is 58.3 Å². The minimum Gasteiger partial charge on any atom is -0.394 e. The van der Waals surface area contributed by atoms with E-state index in [0.717, 1.165) is 24.0 Å². The maximum Gasteiger partial charge on any atom is 0.268 e. The molecular weight excluding hydrogens is 387 g/mol. The maximum absolute atomic E-state index is 13.8. The fourth-order valence-corrected chi connectivity index (χ4v) is 2.98. The van der Waals surface area contributed by atoms with Gasteiger partial charge in [0.2, 0.25) is 0 Å². The molecule has 27 heavy (non-hydrogen) atoms. The molecule has 0 fully saturated rings. The van der Waals surface area contributed by atoms with Gasteiger partial charge in [-0.1, -0.05) is 23.9 Å². The third-order valence-corrected chi connectivity index (χ3v) is 4.36. The van der Waals surface area contributed by atoms with Crippen LogP contribution in [0.4, 0.5) is 14.6 Å². The third kappa shape index (κ3) is 5.23. The molecule has 2 heterocycles. The minimum absolute atomic E-state index is 0. The summed E-state index contributed by atoms with van der Waals surface area (Å²) < 4.78 is 27.1. The van der Waals surface area contributed by atoms with Gasteiger partial charge in [0, 0.05) is 46.9 Å².